The number of halogens is 4. The monoisotopic (exact) mass is 557 g/mol. The molecule has 1 saturated heterocycles. The minimum absolute atomic E-state index is 0.154. The number of likely N-dealkylation sites (tertiary alicyclic amines) is 1. The molecule has 5 rings (SSSR count). The molecular weight excluding hydrogens is 534 g/mol. The van der Waals surface area contributed by atoms with E-state index in [-0.39, 0.29) is 24.9 Å². The number of carboxylic acid groups (broad SMARTS) is 1. The van der Waals surface area contributed by atoms with Gasteiger partial charge in [0.1, 0.15) is 23.7 Å². The molecule has 2 aromatic heterocycles. The second-order valence-corrected chi connectivity index (χ2v) is 9.32. The molecule has 2 amide bonds. The van der Waals surface area contributed by atoms with Crippen molar-refractivity contribution in [3.63, 3.8) is 0 Å². The van der Waals surface area contributed by atoms with Gasteiger partial charge in [0.05, 0.1) is 22.6 Å². The fourth-order valence-electron chi connectivity index (χ4n) is 4.82. The maximum Gasteiger partial charge on any atom is 0.417 e. The van der Waals surface area contributed by atoms with Crippen molar-refractivity contribution < 1.29 is 32.3 Å². The summed E-state index contributed by atoms with van der Waals surface area (Å²) in [6.07, 6.45) is -3.24. The zero-order valence-corrected chi connectivity index (χ0v) is 20.8. The third-order valence-corrected chi connectivity index (χ3v) is 6.76. The van der Waals surface area contributed by atoms with Crippen molar-refractivity contribution in [1.29, 1.82) is 0 Å². The van der Waals surface area contributed by atoms with Gasteiger partial charge in [0.2, 0.25) is 0 Å². The zero-order chi connectivity index (χ0) is 28.6. The highest BCUT2D eigenvalue weighted by Crippen LogP contribution is 2.35. The average Bonchev–Trinajstić information content (AvgIpc) is 3.32. The predicted molar refractivity (Wildman–Crippen MR) is 136 cm³/mol. The smallest absolute Gasteiger partial charge is 0.417 e. The number of piperidine rings is 1. The van der Waals surface area contributed by atoms with Gasteiger partial charge in [0.15, 0.2) is 5.65 Å². The van der Waals surface area contributed by atoms with Crippen LogP contribution in [0.4, 0.5) is 28.2 Å². The van der Waals surface area contributed by atoms with Gasteiger partial charge in [-0.2, -0.15) is 18.3 Å². The summed E-state index contributed by atoms with van der Waals surface area (Å²) in [5.74, 6) is -2.26. The van der Waals surface area contributed by atoms with Gasteiger partial charge in [-0.05, 0) is 30.5 Å². The predicted octanol–water partition coefficient (Wildman–Crippen LogP) is 4.48. The van der Waals surface area contributed by atoms with E-state index >= 15 is 0 Å². The molecule has 208 valence electrons. The summed E-state index contributed by atoms with van der Waals surface area (Å²) in [7, 11) is 0. The molecule has 1 atom stereocenters. The number of carbonyl (C=O) groups excluding carboxylic acids is 1. The Bertz CT molecular complexity index is 1590. The van der Waals surface area contributed by atoms with Crippen molar-refractivity contribution in [2.75, 3.05) is 18.8 Å². The molecule has 2 aromatic carbocycles. The SMILES string of the molecule is Nc1ncnc2c1c(-c1ccc(CNC(=O)c3c(F)cccc3C(F)(F)F)cc1)nn2[C@@H]1CCCN(C(=O)O)C1. The van der Waals surface area contributed by atoms with Crippen LogP contribution < -0.4 is 11.1 Å². The van der Waals surface area contributed by atoms with E-state index in [0.29, 0.717) is 53.3 Å². The summed E-state index contributed by atoms with van der Waals surface area (Å²) in [5.41, 5.74) is 5.84. The van der Waals surface area contributed by atoms with Crippen LogP contribution in [0.3, 0.4) is 0 Å². The molecule has 4 aromatic rings. The van der Waals surface area contributed by atoms with E-state index in [1.807, 2.05) is 0 Å². The van der Waals surface area contributed by atoms with Gasteiger partial charge in [-0.1, -0.05) is 30.3 Å². The van der Waals surface area contributed by atoms with Crippen molar-refractivity contribution in [1.82, 2.24) is 30.0 Å². The Morgan fingerprint density at radius 2 is 1.88 bits per heavy atom. The zero-order valence-electron chi connectivity index (χ0n) is 20.8. The molecule has 14 heteroatoms. The number of benzene rings is 2. The fourth-order valence-corrected chi connectivity index (χ4v) is 4.82. The number of amides is 2. The van der Waals surface area contributed by atoms with E-state index in [1.54, 1.807) is 28.9 Å². The molecule has 10 nitrogen and oxygen atoms in total. The molecule has 1 aliphatic heterocycles. The van der Waals surface area contributed by atoms with Crippen LogP contribution in [-0.4, -0.2) is 54.8 Å². The Kier molecular flexibility index (Phi) is 7.00. The molecule has 0 saturated carbocycles. The molecule has 0 unspecified atom stereocenters. The second-order valence-electron chi connectivity index (χ2n) is 9.32. The Labute approximate surface area is 224 Å². The number of nitrogens with one attached hydrogen (secondary N) is 1. The molecule has 0 radical (unpaired) electrons. The summed E-state index contributed by atoms with van der Waals surface area (Å²) in [5, 5.41) is 17.0. The van der Waals surface area contributed by atoms with E-state index in [2.05, 4.69) is 15.3 Å². The van der Waals surface area contributed by atoms with Crippen molar-refractivity contribution in [3.8, 4) is 11.3 Å². The Morgan fingerprint density at radius 1 is 1.12 bits per heavy atom. The molecule has 0 bridgehead atoms. The number of hydrogen-bond donors (Lipinski definition) is 3. The van der Waals surface area contributed by atoms with Gasteiger partial charge in [0, 0.05) is 25.2 Å². The molecule has 1 aliphatic rings. The highest BCUT2D eigenvalue weighted by atomic mass is 19.4. The second kappa shape index (κ2) is 10.4. The summed E-state index contributed by atoms with van der Waals surface area (Å²) >= 11 is 0. The quantitative estimate of drug-likeness (QED) is 0.308. The van der Waals surface area contributed by atoms with Crippen LogP contribution in [0, 0.1) is 5.82 Å². The number of nitrogens with two attached hydrogens (primary N) is 1. The minimum atomic E-state index is -4.89. The van der Waals surface area contributed by atoms with Gasteiger partial charge >= 0.3 is 12.3 Å². The van der Waals surface area contributed by atoms with Crippen LogP contribution in [0.2, 0.25) is 0 Å². The summed E-state index contributed by atoms with van der Waals surface area (Å²) in [6.45, 7) is 0.520. The minimum Gasteiger partial charge on any atom is -0.465 e. The first-order valence-electron chi connectivity index (χ1n) is 12.2. The molecule has 40 heavy (non-hydrogen) atoms. The Hall–Kier alpha value is -4.75. The van der Waals surface area contributed by atoms with E-state index in [4.69, 9.17) is 10.8 Å². The highest BCUT2D eigenvalue weighted by Gasteiger charge is 2.36. The standard InChI is InChI=1S/C26H23F4N7O3/c27-18-5-1-4-17(26(28,29)30)19(18)24(38)32-11-14-6-8-15(9-7-14)21-20-22(31)33-13-34-23(20)37(35-21)16-3-2-10-36(12-16)25(39)40/h1,4-9,13,16H,2-3,10-12H2,(H,32,38)(H,39,40)(H2,31,33,34)/t16-/m1/s1. The Morgan fingerprint density at radius 3 is 2.58 bits per heavy atom. The van der Waals surface area contributed by atoms with Crippen molar-refractivity contribution in [2.45, 2.75) is 31.6 Å². The third kappa shape index (κ3) is 5.11. The Balaban J connectivity index is 1.39. The number of nitrogen functional groups attached to an aromatic ring is 1. The topological polar surface area (TPSA) is 139 Å². The van der Waals surface area contributed by atoms with Crippen molar-refractivity contribution in [3.05, 3.63) is 71.3 Å². The maximum atomic E-state index is 14.1. The average molecular weight is 558 g/mol. The number of hydrogen-bond acceptors (Lipinski definition) is 6. The lowest BCUT2D eigenvalue weighted by atomic mass is 10.0. The van der Waals surface area contributed by atoms with Crippen LogP contribution in [0.5, 0.6) is 0 Å². The number of rotatable bonds is 5. The van der Waals surface area contributed by atoms with Crippen LogP contribution in [0.1, 0.15) is 40.4 Å². The normalized spacial score (nSPS) is 15.8. The van der Waals surface area contributed by atoms with Crippen molar-refractivity contribution >= 4 is 28.9 Å². The van der Waals surface area contributed by atoms with E-state index in [1.165, 1.54) is 11.2 Å². The number of fused-ring (bicyclic) bond motifs is 1. The van der Waals surface area contributed by atoms with Gasteiger partial charge in [-0.25, -0.2) is 23.8 Å². The summed E-state index contributed by atoms with van der Waals surface area (Å²) in [4.78, 5) is 33.7. The lowest BCUT2D eigenvalue weighted by Crippen LogP contribution is -2.40. The van der Waals surface area contributed by atoms with Gasteiger partial charge in [-0.15, -0.1) is 0 Å². The first kappa shape index (κ1) is 26.8. The summed E-state index contributed by atoms with van der Waals surface area (Å²) in [6, 6.07) is 8.74. The number of nitrogens with zero attached hydrogens (tertiary/aromatic N) is 5. The van der Waals surface area contributed by atoms with Crippen LogP contribution in [0.15, 0.2) is 48.8 Å². The largest absolute Gasteiger partial charge is 0.465 e. The van der Waals surface area contributed by atoms with Crippen LogP contribution in [-0.2, 0) is 12.7 Å². The maximum absolute atomic E-state index is 14.1. The van der Waals surface area contributed by atoms with Gasteiger partial charge in [-0.3, -0.25) is 4.79 Å². The fraction of sp³-hybridized carbons (Fsp3) is 0.269. The molecule has 4 N–H and O–H groups in total. The molecule has 3 heterocycles. The van der Waals surface area contributed by atoms with E-state index in [9.17, 15) is 32.3 Å². The van der Waals surface area contributed by atoms with Crippen molar-refractivity contribution in [2.24, 2.45) is 0 Å². The first-order valence-corrected chi connectivity index (χ1v) is 12.2. The first-order chi connectivity index (χ1) is 19.0. The van der Waals surface area contributed by atoms with E-state index in [0.717, 1.165) is 12.1 Å². The van der Waals surface area contributed by atoms with Crippen LogP contribution >= 0.6 is 0 Å². The molecular formula is C26H23F4N7O3. The number of alkyl halides is 3. The highest BCUT2D eigenvalue weighted by molar-refractivity contribution is 5.98. The lowest BCUT2D eigenvalue weighted by molar-refractivity contribution is -0.138. The molecule has 0 aliphatic carbocycles. The van der Waals surface area contributed by atoms with E-state index < -0.39 is 35.1 Å². The summed E-state index contributed by atoms with van der Waals surface area (Å²) < 4.78 is 55.6. The third-order valence-electron chi connectivity index (χ3n) is 6.76. The van der Waals surface area contributed by atoms with Gasteiger partial charge < -0.3 is 21.1 Å². The number of anilines is 1. The van der Waals surface area contributed by atoms with Crippen LogP contribution in [0.25, 0.3) is 22.3 Å². The number of aromatic nitrogens is 4. The number of carbonyl (C=O) groups is 2. The molecule has 0 spiro atoms. The van der Waals surface area contributed by atoms with Gasteiger partial charge in [0.25, 0.3) is 5.91 Å². The lowest BCUT2D eigenvalue weighted by Gasteiger charge is -2.30. The molecule has 1 fully saturated rings.